The van der Waals surface area contributed by atoms with E-state index in [9.17, 15) is 8.78 Å². The molecule has 0 fully saturated rings. The Labute approximate surface area is 120 Å². The summed E-state index contributed by atoms with van der Waals surface area (Å²) in [5.74, 6) is -1.72. The molecule has 0 heterocycles. The Morgan fingerprint density at radius 2 is 1.58 bits per heavy atom. The molecular weight excluding hydrogens is 291 g/mol. The van der Waals surface area contributed by atoms with E-state index in [0.29, 0.717) is 15.6 Å². The van der Waals surface area contributed by atoms with Gasteiger partial charge in [-0.05, 0) is 42.8 Å². The molecule has 2 rings (SSSR count). The van der Waals surface area contributed by atoms with Crippen LogP contribution in [-0.4, -0.2) is 0 Å². The average molecular weight is 302 g/mol. The first kappa shape index (κ1) is 14.1. The highest BCUT2D eigenvalue weighted by Gasteiger charge is 2.09. The smallest absolute Gasteiger partial charge is 0.159 e. The van der Waals surface area contributed by atoms with Crippen molar-refractivity contribution in [1.82, 2.24) is 0 Å². The summed E-state index contributed by atoms with van der Waals surface area (Å²) in [4.78, 5) is 0. The van der Waals surface area contributed by atoms with Gasteiger partial charge in [-0.15, -0.1) is 0 Å². The molecule has 1 nitrogen and oxygen atoms in total. The van der Waals surface area contributed by atoms with Crippen molar-refractivity contribution in [2.75, 3.05) is 5.32 Å². The van der Waals surface area contributed by atoms with Crippen LogP contribution in [0.25, 0.3) is 0 Å². The van der Waals surface area contributed by atoms with Crippen molar-refractivity contribution in [3.05, 3.63) is 63.6 Å². The monoisotopic (exact) mass is 301 g/mol. The number of halogens is 4. The van der Waals surface area contributed by atoms with E-state index in [1.54, 1.807) is 18.2 Å². The first-order valence-electron chi connectivity index (χ1n) is 5.63. The van der Waals surface area contributed by atoms with Crippen LogP contribution in [0.5, 0.6) is 0 Å². The lowest BCUT2D eigenvalue weighted by molar-refractivity contribution is 0.506. The second kappa shape index (κ2) is 5.76. The van der Waals surface area contributed by atoms with Crippen LogP contribution in [0, 0.1) is 11.6 Å². The molecule has 0 radical (unpaired) electrons. The maximum atomic E-state index is 13.2. The number of nitrogens with one attached hydrogen (secondary N) is 1. The van der Waals surface area contributed by atoms with Crippen molar-refractivity contribution < 1.29 is 8.78 Å². The van der Waals surface area contributed by atoms with Crippen molar-refractivity contribution in [2.24, 2.45) is 0 Å². The molecule has 0 spiro atoms. The second-order valence-electron chi connectivity index (χ2n) is 4.20. The zero-order valence-corrected chi connectivity index (χ0v) is 11.6. The Morgan fingerprint density at radius 1 is 0.947 bits per heavy atom. The largest absolute Gasteiger partial charge is 0.378 e. The highest BCUT2D eigenvalue weighted by atomic mass is 35.5. The topological polar surface area (TPSA) is 12.0 Å². The molecule has 100 valence electrons. The predicted octanol–water partition coefficient (Wildman–Crippen LogP) is 5.44. The van der Waals surface area contributed by atoms with Gasteiger partial charge in [-0.25, -0.2) is 8.78 Å². The van der Waals surface area contributed by atoms with Crippen LogP contribution in [0.1, 0.15) is 18.5 Å². The first-order valence-corrected chi connectivity index (χ1v) is 6.39. The predicted molar refractivity (Wildman–Crippen MR) is 74.9 cm³/mol. The molecule has 0 saturated heterocycles. The van der Waals surface area contributed by atoms with E-state index in [1.807, 2.05) is 6.92 Å². The lowest BCUT2D eigenvalue weighted by atomic mass is 10.1. The molecule has 0 saturated carbocycles. The maximum Gasteiger partial charge on any atom is 0.159 e. The molecular formula is C14H11Cl2F2N. The molecule has 0 amide bonds. The summed E-state index contributed by atoms with van der Waals surface area (Å²) in [5.41, 5.74) is 1.35. The van der Waals surface area contributed by atoms with Gasteiger partial charge in [0, 0.05) is 21.8 Å². The lowest BCUT2D eigenvalue weighted by Gasteiger charge is -2.16. The highest BCUT2D eigenvalue weighted by molar-refractivity contribution is 6.35. The Hall–Kier alpha value is -1.32. The summed E-state index contributed by atoms with van der Waals surface area (Å²) in [5, 5.41) is 4.14. The standard InChI is InChI=1S/C14H11Cl2F2N/c1-8(9-2-3-13(17)14(18)4-9)19-12-6-10(15)5-11(16)7-12/h2-8,19H,1H3. The SMILES string of the molecule is CC(Nc1cc(Cl)cc(Cl)c1)c1ccc(F)c(F)c1. The summed E-state index contributed by atoms with van der Waals surface area (Å²) in [6, 6.07) is 8.64. The van der Waals surface area contributed by atoms with E-state index in [1.165, 1.54) is 12.1 Å². The summed E-state index contributed by atoms with van der Waals surface area (Å²) in [6.45, 7) is 1.83. The summed E-state index contributed by atoms with van der Waals surface area (Å²) < 4.78 is 26.0. The quantitative estimate of drug-likeness (QED) is 0.795. The fourth-order valence-corrected chi connectivity index (χ4v) is 2.28. The zero-order chi connectivity index (χ0) is 14.0. The first-order chi connectivity index (χ1) is 8.95. The van der Waals surface area contributed by atoms with Crippen molar-refractivity contribution in [3.63, 3.8) is 0 Å². The van der Waals surface area contributed by atoms with Gasteiger partial charge in [-0.3, -0.25) is 0 Å². The highest BCUT2D eigenvalue weighted by Crippen LogP contribution is 2.26. The second-order valence-corrected chi connectivity index (χ2v) is 5.07. The van der Waals surface area contributed by atoms with Gasteiger partial charge in [0.25, 0.3) is 0 Å². The van der Waals surface area contributed by atoms with Crippen LogP contribution in [-0.2, 0) is 0 Å². The fraction of sp³-hybridized carbons (Fsp3) is 0.143. The third-order valence-electron chi connectivity index (χ3n) is 2.69. The van der Waals surface area contributed by atoms with E-state index in [-0.39, 0.29) is 6.04 Å². The Kier molecular flexibility index (Phi) is 4.27. The zero-order valence-electron chi connectivity index (χ0n) is 10.1. The minimum absolute atomic E-state index is 0.204. The van der Waals surface area contributed by atoms with Gasteiger partial charge >= 0.3 is 0 Å². The molecule has 5 heteroatoms. The molecule has 1 N–H and O–H groups in total. The van der Waals surface area contributed by atoms with Gasteiger partial charge in [0.15, 0.2) is 11.6 Å². The van der Waals surface area contributed by atoms with Crippen LogP contribution >= 0.6 is 23.2 Å². The number of rotatable bonds is 3. The molecule has 1 atom stereocenters. The molecule has 0 bridgehead atoms. The lowest BCUT2D eigenvalue weighted by Crippen LogP contribution is -2.07. The maximum absolute atomic E-state index is 13.2. The number of anilines is 1. The van der Waals surface area contributed by atoms with E-state index in [4.69, 9.17) is 23.2 Å². The summed E-state index contributed by atoms with van der Waals surface area (Å²) in [6.07, 6.45) is 0. The van der Waals surface area contributed by atoms with Gasteiger partial charge in [-0.2, -0.15) is 0 Å². The average Bonchev–Trinajstić information content (AvgIpc) is 2.31. The number of hydrogen-bond acceptors (Lipinski definition) is 1. The molecule has 2 aromatic rings. The molecule has 0 aliphatic heterocycles. The van der Waals surface area contributed by atoms with Gasteiger partial charge in [0.1, 0.15) is 0 Å². The van der Waals surface area contributed by atoms with Crippen LogP contribution in [0.3, 0.4) is 0 Å². The van der Waals surface area contributed by atoms with Crippen LogP contribution in [0.2, 0.25) is 10.0 Å². The van der Waals surface area contributed by atoms with E-state index < -0.39 is 11.6 Å². The Balaban J connectivity index is 2.20. The molecule has 0 aromatic heterocycles. The van der Waals surface area contributed by atoms with Crippen molar-refractivity contribution >= 4 is 28.9 Å². The van der Waals surface area contributed by atoms with Crippen LogP contribution in [0.15, 0.2) is 36.4 Å². The van der Waals surface area contributed by atoms with Crippen LogP contribution in [0.4, 0.5) is 14.5 Å². The van der Waals surface area contributed by atoms with Gasteiger partial charge in [0.2, 0.25) is 0 Å². The third-order valence-corrected chi connectivity index (χ3v) is 3.13. The number of benzene rings is 2. The minimum Gasteiger partial charge on any atom is -0.378 e. The number of hydrogen-bond donors (Lipinski definition) is 1. The van der Waals surface area contributed by atoms with Crippen molar-refractivity contribution in [3.8, 4) is 0 Å². The van der Waals surface area contributed by atoms with Gasteiger partial charge < -0.3 is 5.32 Å². The van der Waals surface area contributed by atoms with Crippen LogP contribution < -0.4 is 5.32 Å². The van der Waals surface area contributed by atoms with E-state index in [0.717, 1.165) is 11.8 Å². The molecule has 2 aromatic carbocycles. The fourth-order valence-electron chi connectivity index (χ4n) is 1.75. The third kappa shape index (κ3) is 3.58. The summed E-state index contributed by atoms with van der Waals surface area (Å²) >= 11 is 11.8. The molecule has 19 heavy (non-hydrogen) atoms. The van der Waals surface area contributed by atoms with Crippen molar-refractivity contribution in [1.29, 1.82) is 0 Å². The molecule has 0 aliphatic rings. The minimum atomic E-state index is -0.865. The summed E-state index contributed by atoms with van der Waals surface area (Å²) in [7, 11) is 0. The van der Waals surface area contributed by atoms with Crippen molar-refractivity contribution in [2.45, 2.75) is 13.0 Å². The Bertz CT molecular complexity index is 582. The van der Waals surface area contributed by atoms with E-state index in [2.05, 4.69) is 5.32 Å². The van der Waals surface area contributed by atoms with E-state index >= 15 is 0 Å². The van der Waals surface area contributed by atoms with Gasteiger partial charge in [0.05, 0.1) is 0 Å². The molecule has 1 unspecified atom stereocenters. The normalized spacial score (nSPS) is 12.3. The molecule has 0 aliphatic carbocycles. The van der Waals surface area contributed by atoms with Gasteiger partial charge in [-0.1, -0.05) is 29.3 Å². The Morgan fingerprint density at radius 3 is 2.16 bits per heavy atom.